The SMILES string of the molecule is CNC(C)(CCCOc1cc(C)cc(C)c1C)C(=O)OC. The highest BCUT2D eigenvalue weighted by Crippen LogP contribution is 2.24. The summed E-state index contributed by atoms with van der Waals surface area (Å²) in [6.07, 6.45) is 1.44. The Bertz CT molecular complexity index is 499. The van der Waals surface area contributed by atoms with Crippen LogP contribution in [0.4, 0.5) is 0 Å². The molecule has 1 aromatic rings. The van der Waals surface area contributed by atoms with Gasteiger partial charge < -0.3 is 14.8 Å². The highest BCUT2D eigenvalue weighted by molar-refractivity contribution is 5.80. The third-order valence-electron chi connectivity index (χ3n) is 4.03. The molecule has 0 saturated heterocycles. The number of likely N-dealkylation sites (N-methyl/N-ethyl adjacent to an activating group) is 1. The Kier molecular flexibility index (Phi) is 6.21. The van der Waals surface area contributed by atoms with Crippen molar-refractivity contribution in [1.29, 1.82) is 0 Å². The monoisotopic (exact) mass is 293 g/mol. The number of hydrogen-bond donors (Lipinski definition) is 1. The number of carbonyl (C=O) groups is 1. The second-order valence-corrected chi connectivity index (χ2v) is 5.73. The van der Waals surface area contributed by atoms with Crippen LogP contribution < -0.4 is 10.1 Å². The molecule has 0 aliphatic carbocycles. The number of benzene rings is 1. The second-order valence-electron chi connectivity index (χ2n) is 5.73. The van der Waals surface area contributed by atoms with Crippen molar-refractivity contribution in [2.45, 2.75) is 46.1 Å². The molecule has 0 aromatic heterocycles. The highest BCUT2D eigenvalue weighted by atomic mass is 16.5. The molecular formula is C17H27NO3. The van der Waals surface area contributed by atoms with Crippen molar-refractivity contribution in [2.75, 3.05) is 20.8 Å². The third-order valence-corrected chi connectivity index (χ3v) is 4.03. The van der Waals surface area contributed by atoms with Gasteiger partial charge in [0.15, 0.2) is 0 Å². The first-order valence-corrected chi connectivity index (χ1v) is 7.32. The predicted molar refractivity (Wildman–Crippen MR) is 84.9 cm³/mol. The maximum atomic E-state index is 11.7. The van der Waals surface area contributed by atoms with Crippen LogP contribution in [0.5, 0.6) is 5.75 Å². The molecule has 0 bridgehead atoms. The first-order valence-electron chi connectivity index (χ1n) is 7.32. The molecule has 21 heavy (non-hydrogen) atoms. The van der Waals surface area contributed by atoms with Crippen molar-refractivity contribution < 1.29 is 14.3 Å². The molecule has 0 aliphatic heterocycles. The number of ether oxygens (including phenoxy) is 2. The summed E-state index contributed by atoms with van der Waals surface area (Å²) in [4.78, 5) is 11.7. The van der Waals surface area contributed by atoms with Crippen LogP contribution in [0, 0.1) is 20.8 Å². The van der Waals surface area contributed by atoms with Crippen LogP contribution in [0.15, 0.2) is 12.1 Å². The predicted octanol–water partition coefficient (Wildman–Crippen LogP) is 2.92. The van der Waals surface area contributed by atoms with Crippen molar-refractivity contribution in [1.82, 2.24) is 5.32 Å². The summed E-state index contributed by atoms with van der Waals surface area (Å²) >= 11 is 0. The average molecular weight is 293 g/mol. The molecular weight excluding hydrogens is 266 g/mol. The Morgan fingerprint density at radius 3 is 2.52 bits per heavy atom. The van der Waals surface area contributed by atoms with E-state index >= 15 is 0 Å². The van der Waals surface area contributed by atoms with E-state index < -0.39 is 5.54 Å². The van der Waals surface area contributed by atoms with E-state index in [0.717, 1.165) is 12.2 Å². The Balaban J connectivity index is 2.57. The van der Waals surface area contributed by atoms with Crippen LogP contribution in [0.25, 0.3) is 0 Å². The van der Waals surface area contributed by atoms with Gasteiger partial charge in [0, 0.05) is 0 Å². The molecule has 118 valence electrons. The lowest BCUT2D eigenvalue weighted by Gasteiger charge is -2.26. The van der Waals surface area contributed by atoms with E-state index in [1.807, 2.05) is 6.92 Å². The van der Waals surface area contributed by atoms with E-state index in [2.05, 4.69) is 38.2 Å². The molecule has 0 fully saturated rings. The van der Waals surface area contributed by atoms with Crippen molar-refractivity contribution in [3.05, 3.63) is 28.8 Å². The van der Waals surface area contributed by atoms with E-state index in [1.165, 1.54) is 23.8 Å². The van der Waals surface area contributed by atoms with Gasteiger partial charge in [-0.1, -0.05) is 6.07 Å². The summed E-state index contributed by atoms with van der Waals surface area (Å²) in [5.74, 6) is 0.685. The molecule has 0 amide bonds. The summed E-state index contributed by atoms with van der Waals surface area (Å²) in [6, 6.07) is 4.21. The normalized spacial score (nSPS) is 13.6. The van der Waals surface area contributed by atoms with E-state index in [1.54, 1.807) is 7.05 Å². The number of aryl methyl sites for hydroxylation is 2. The molecule has 1 atom stereocenters. The molecule has 0 aliphatic rings. The topological polar surface area (TPSA) is 47.6 Å². The van der Waals surface area contributed by atoms with Crippen molar-refractivity contribution in [3.63, 3.8) is 0 Å². The number of hydrogen-bond acceptors (Lipinski definition) is 4. The summed E-state index contributed by atoms with van der Waals surface area (Å²) in [5.41, 5.74) is 2.95. The third kappa shape index (κ3) is 4.46. The maximum Gasteiger partial charge on any atom is 0.325 e. The average Bonchev–Trinajstić information content (AvgIpc) is 2.46. The fourth-order valence-corrected chi connectivity index (χ4v) is 2.31. The van der Waals surface area contributed by atoms with Crippen LogP contribution in [-0.2, 0) is 9.53 Å². The fourth-order valence-electron chi connectivity index (χ4n) is 2.31. The van der Waals surface area contributed by atoms with E-state index in [-0.39, 0.29) is 5.97 Å². The zero-order chi connectivity index (χ0) is 16.0. The standard InChI is InChI=1S/C17H27NO3/c1-12-10-13(2)14(3)15(11-12)21-9-7-8-17(4,18-5)16(19)20-6/h10-11,18H,7-9H2,1-6H3. The van der Waals surface area contributed by atoms with Gasteiger partial charge in [-0.2, -0.15) is 0 Å². The van der Waals surface area contributed by atoms with Gasteiger partial charge in [-0.3, -0.25) is 4.79 Å². The smallest absolute Gasteiger partial charge is 0.325 e. The summed E-state index contributed by atoms with van der Waals surface area (Å²) in [7, 11) is 3.18. The zero-order valence-corrected chi connectivity index (χ0v) is 14.0. The van der Waals surface area contributed by atoms with Crippen LogP contribution >= 0.6 is 0 Å². The maximum absolute atomic E-state index is 11.7. The lowest BCUT2D eigenvalue weighted by atomic mass is 9.96. The van der Waals surface area contributed by atoms with Gasteiger partial charge in [0.2, 0.25) is 0 Å². The highest BCUT2D eigenvalue weighted by Gasteiger charge is 2.31. The molecule has 0 spiro atoms. The molecule has 1 N–H and O–H groups in total. The minimum Gasteiger partial charge on any atom is -0.493 e. The Hall–Kier alpha value is -1.55. The minimum absolute atomic E-state index is 0.243. The molecule has 0 saturated carbocycles. The summed E-state index contributed by atoms with van der Waals surface area (Å²) < 4.78 is 10.7. The molecule has 4 nitrogen and oxygen atoms in total. The summed E-state index contributed by atoms with van der Waals surface area (Å²) in [6.45, 7) is 8.65. The first-order chi connectivity index (χ1) is 9.84. The number of carbonyl (C=O) groups excluding carboxylic acids is 1. The van der Waals surface area contributed by atoms with Crippen LogP contribution in [-0.4, -0.2) is 32.3 Å². The minimum atomic E-state index is -0.657. The Morgan fingerprint density at radius 1 is 1.29 bits per heavy atom. The van der Waals surface area contributed by atoms with Gasteiger partial charge in [0.1, 0.15) is 11.3 Å². The van der Waals surface area contributed by atoms with Gasteiger partial charge in [0.05, 0.1) is 13.7 Å². The molecule has 0 heterocycles. The van der Waals surface area contributed by atoms with Gasteiger partial charge in [-0.05, 0) is 70.3 Å². The van der Waals surface area contributed by atoms with Crippen LogP contribution in [0.2, 0.25) is 0 Å². The zero-order valence-electron chi connectivity index (χ0n) is 14.0. The van der Waals surface area contributed by atoms with Crippen molar-refractivity contribution in [2.24, 2.45) is 0 Å². The molecule has 1 rings (SSSR count). The Morgan fingerprint density at radius 2 is 1.95 bits per heavy atom. The number of nitrogens with one attached hydrogen (secondary N) is 1. The molecule has 1 unspecified atom stereocenters. The first kappa shape index (κ1) is 17.5. The number of rotatable bonds is 7. The van der Waals surface area contributed by atoms with Crippen LogP contribution in [0.3, 0.4) is 0 Å². The number of methoxy groups -OCH3 is 1. The van der Waals surface area contributed by atoms with E-state index in [0.29, 0.717) is 13.0 Å². The van der Waals surface area contributed by atoms with Gasteiger partial charge in [-0.25, -0.2) is 0 Å². The van der Waals surface area contributed by atoms with Gasteiger partial charge in [0.25, 0.3) is 0 Å². The Labute approximate surface area is 127 Å². The lowest BCUT2D eigenvalue weighted by molar-refractivity contribution is -0.148. The van der Waals surface area contributed by atoms with Gasteiger partial charge in [-0.15, -0.1) is 0 Å². The van der Waals surface area contributed by atoms with Crippen LogP contribution in [0.1, 0.15) is 36.5 Å². The molecule has 4 heteroatoms. The molecule has 0 radical (unpaired) electrons. The second kappa shape index (κ2) is 7.46. The van der Waals surface area contributed by atoms with Crippen molar-refractivity contribution in [3.8, 4) is 5.75 Å². The lowest BCUT2D eigenvalue weighted by Crippen LogP contribution is -2.48. The van der Waals surface area contributed by atoms with E-state index in [9.17, 15) is 4.79 Å². The fraction of sp³-hybridized carbons (Fsp3) is 0.588. The number of esters is 1. The summed E-state index contributed by atoms with van der Waals surface area (Å²) in [5, 5.41) is 3.03. The van der Waals surface area contributed by atoms with Gasteiger partial charge >= 0.3 is 5.97 Å². The quantitative estimate of drug-likeness (QED) is 0.620. The van der Waals surface area contributed by atoms with Crippen molar-refractivity contribution >= 4 is 5.97 Å². The van der Waals surface area contributed by atoms with E-state index in [4.69, 9.17) is 9.47 Å². The molecule has 1 aromatic carbocycles. The largest absolute Gasteiger partial charge is 0.493 e.